The van der Waals surface area contributed by atoms with Crippen LogP contribution in [-0.2, 0) is 14.4 Å². The normalized spacial score (nSPS) is 22.3. The van der Waals surface area contributed by atoms with Crippen LogP contribution in [0.4, 0.5) is 17.1 Å². The molecule has 0 N–H and O–H groups in total. The molecule has 3 aromatic rings. The van der Waals surface area contributed by atoms with E-state index >= 15 is 0 Å². The Bertz CT molecular complexity index is 1210. The minimum atomic E-state index is -1.02. The first-order valence-electron chi connectivity index (χ1n) is 10.2. The topological polar surface area (TPSA) is 93.0 Å². The van der Waals surface area contributed by atoms with Gasteiger partial charge in [0.2, 0.25) is 5.91 Å². The number of carbonyl (C=O) groups is 2. The third kappa shape index (κ3) is 3.12. The third-order valence-electron chi connectivity index (χ3n) is 5.84. The Kier molecular flexibility index (Phi) is 4.71. The number of nitrogens with zero attached hydrogens (tertiary/aromatic N) is 3. The van der Waals surface area contributed by atoms with Gasteiger partial charge in [-0.1, -0.05) is 54.1 Å². The fourth-order valence-corrected chi connectivity index (χ4v) is 4.32. The molecule has 0 radical (unpaired) electrons. The first kappa shape index (κ1) is 19.9. The summed E-state index contributed by atoms with van der Waals surface area (Å²) in [4.78, 5) is 44.5. The van der Waals surface area contributed by atoms with Crippen molar-refractivity contribution in [2.45, 2.75) is 19.1 Å². The van der Waals surface area contributed by atoms with Crippen molar-refractivity contribution >= 4 is 28.9 Å². The number of amides is 2. The number of nitro benzene ring substituents is 1. The minimum absolute atomic E-state index is 0.168. The van der Waals surface area contributed by atoms with Gasteiger partial charge in [0.1, 0.15) is 5.92 Å². The molecule has 32 heavy (non-hydrogen) atoms. The lowest BCUT2D eigenvalue weighted by molar-refractivity contribution is -0.384. The molecule has 2 fully saturated rings. The molecule has 2 heterocycles. The van der Waals surface area contributed by atoms with Crippen molar-refractivity contribution in [2.75, 3.05) is 9.96 Å². The highest BCUT2D eigenvalue weighted by Gasteiger charge is 2.60. The summed E-state index contributed by atoms with van der Waals surface area (Å²) in [5.74, 6) is -1.76. The summed E-state index contributed by atoms with van der Waals surface area (Å²) < 4.78 is 0. The van der Waals surface area contributed by atoms with Crippen molar-refractivity contribution < 1.29 is 19.3 Å². The second-order valence-electron chi connectivity index (χ2n) is 7.86. The predicted molar refractivity (Wildman–Crippen MR) is 117 cm³/mol. The van der Waals surface area contributed by atoms with Gasteiger partial charge >= 0.3 is 0 Å². The molecule has 2 saturated heterocycles. The van der Waals surface area contributed by atoms with Crippen molar-refractivity contribution in [1.82, 2.24) is 0 Å². The highest BCUT2D eigenvalue weighted by molar-refractivity contribution is 6.24. The fourth-order valence-electron chi connectivity index (χ4n) is 4.32. The number of hydroxylamine groups is 1. The Morgan fingerprint density at radius 3 is 2.25 bits per heavy atom. The van der Waals surface area contributed by atoms with E-state index in [0.29, 0.717) is 0 Å². The molecule has 0 bridgehead atoms. The number of para-hydroxylation sites is 1. The van der Waals surface area contributed by atoms with Crippen LogP contribution < -0.4 is 9.96 Å². The van der Waals surface area contributed by atoms with Crippen LogP contribution in [-0.4, -0.2) is 22.8 Å². The van der Waals surface area contributed by atoms with E-state index in [4.69, 9.17) is 4.84 Å². The average Bonchev–Trinajstić information content (AvgIpc) is 3.31. The van der Waals surface area contributed by atoms with Gasteiger partial charge in [0.05, 0.1) is 22.3 Å². The van der Waals surface area contributed by atoms with Crippen LogP contribution in [0.1, 0.15) is 17.2 Å². The number of rotatable bonds is 4. The quantitative estimate of drug-likeness (QED) is 0.354. The number of nitro groups is 1. The van der Waals surface area contributed by atoms with Crippen LogP contribution in [0, 0.1) is 23.0 Å². The van der Waals surface area contributed by atoms with Crippen LogP contribution in [0.25, 0.3) is 0 Å². The molecule has 160 valence electrons. The zero-order chi connectivity index (χ0) is 22.4. The van der Waals surface area contributed by atoms with Gasteiger partial charge in [0.15, 0.2) is 6.10 Å². The first-order valence-corrected chi connectivity index (χ1v) is 10.2. The number of anilines is 2. The van der Waals surface area contributed by atoms with E-state index in [9.17, 15) is 19.7 Å². The van der Waals surface area contributed by atoms with Crippen LogP contribution in [0.2, 0.25) is 0 Å². The maximum Gasteiger partial charge on any atom is 0.271 e. The van der Waals surface area contributed by atoms with Gasteiger partial charge in [-0.15, -0.1) is 0 Å². The summed E-state index contributed by atoms with van der Waals surface area (Å²) in [6.07, 6.45) is -1.02. The molecule has 2 aliphatic rings. The molecule has 0 spiro atoms. The maximum absolute atomic E-state index is 13.5. The molecule has 8 heteroatoms. The number of carbonyl (C=O) groups excluding carboxylic acids is 2. The van der Waals surface area contributed by atoms with Crippen LogP contribution >= 0.6 is 0 Å². The zero-order valence-electron chi connectivity index (χ0n) is 17.1. The number of hydrogen-bond acceptors (Lipinski definition) is 6. The number of non-ortho nitro benzene ring substituents is 1. The Morgan fingerprint density at radius 1 is 0.875 bits per heavy atom. The Morgan fingerprint density at radius 2 is 1.56 bits per heavy atom. The molecule has 0 aromatic heterocycles. The monoisotopic (exact) mass is 429 g/mol. The molecular weight excluding hydrogens is 410 g/mol. The zero-order valence-corrected chi connectivity index (χ0v) is 17.1. The summed E-state index contributed by atoms with van der Waals surface area (Å²) in [7, 11) is 0. The highest BCUT2D eigenvalue weighted by atomic mass is 16.7. The largest absolute Gasteiger partial charge is 0.273 e. The summed E-state index contributed by atoms with van der Waals surface area (Å²) in [6, 6.07) is 22.1. The summed E-state index contributed by atoms with van der Waals surface area (Å²) in [5.41, 5.74) is 2.62. The standard InChI is InChI=1S/C24H19N3O5/c1-15-10-12-16(13-11-15)21-20-22(32-26(21)17-6-3-2-4-7-17)24(29)25(23(20)28)18-8-5-9-19(14-18)27(30)31/h2-14,20-22H,1H3. The maximum atomic E-state index is 13.5. The van der Waals surface area contributed by atoms with Gasteiger partial charge in [-0.25, -0.2) is 9.96 Å². The molecule has 0 aliphatic carbocycles. The number of benzene rings is 3. The van der Waals surface area contributed by atoms with Gasteiger partial charge in [0, 0.05) is 12.1 Å². The lowest BCUT2D eigenvalue weighted by atomic mass is 9.90. The fraction of sp³-hybridized carbons (Fsp3) is 0.167. The number of fused-ring (bicyclic) bond motifs is 1. The van der Waals surface area contributed by atoms with E-state index in [1.54, 1.807) is 5.06 Å². The van der Waals surface area contributed by atoms with Gasteiger partial charge in [-0.3, -0.25) is 24.5 Å². The minimum Gasteiger partial charge on any atom is -0.273 e. The molecular formula is C24H19N3O5. The highest BCUT2D eigenvalue weighted by Crippen LogP contribution is 2.47. The van der Waals surface area contributed by atoms with Gasteiger partial charge in [0.25, 0.3) is 11.6 Å². The molecule has 5 rings (SSSR count). The Hall–Kier alpha value is -4.04. The van der Waals surface area contributed by atoms with Crippen molar-refractivity contribution in [3.8, 4) is 0 Å². The average molecular weight is 429 g/mol. The second kappa shape index (κ2) is 7.58. The van der Waals surface area contributed by atoms with Crippen molar-refractivity contribution in [1.29, 1.82) is 0 Å². The summed E-state index contributed by atoms with van der Waals surface area (Å²) in [5, 5.41) is 12.8. The summed E-state index contributed by atoms with van der Waals surface area (Å²) >= 11 is 0. The van der Waals surface area contributed by atoms with Crippen molar-refractivity contribution in [2.24, 2.45) is 5.92 Å². The third-order valence-corrected chi connectivity index (χ3v) is 5.84. The molecule has 8 nitrogen and oxygen atoms in total. The van der Waals surface area contributed by atoms with Crippen molar-refractivity contribution in [3.63, 3.8) is 0 Å². The van der Waals surface area contributed by atoms with Gasteiger partial charge in [-0.2, -0.15) is 0 Å². The molecule has 3 unspecified atom stereocenters. The molecule has 3 atom stereocenters. The van der Waals surface area contributed by atoms with E-state index in [1.807, 2.05) is 61.5 Å². The van der Waals surface area contributed by atoms with E-state index in [2.05, 4.69) is 0 Å². The van der Waals surface area contributed by atoms with Gasteiger partial charge in [-0.05, 0) is 30.7 Å². The van der Waals surface area contributed by atoms with Crippen LogP contribution in [0.5, 0.6) is 0 Å². The first-order chi connectivity index (χ1) is 15.5. The summed E-state index contributed by atoms with van der Waals surface area (Å²) in [6.45, 7) is 1.97. The number of imide groups is 1. The van der Waals surface area contributed by atoms with Crippen LogP contribution in [0.3, 0.4) is 0 Å². The van der Waals surface area contributed by atoms with Crippen molar-refractivity contribution in [3.05, 3.63) is 100 Å². The van der Waals surface area contributed by atoms with Crippen LogP contribution in [0.15, 0.2) is 78.9 Å². The number of hydrogen-bond donors (Lipinski definition) is 0. The number of aryl methyl sites for hydroxylation is 1. The molecule has 3 aromatic carbocycles. The Balaban J connectivity index is 1.57. The lowest BCUT2D eigenvalue weighted by Gasteiger charge is -2.28. The molecule has 0 saturated carbocycles. The van der Waals surface area contributed by atoms with E-state index in [1.165, 1.54) is 24.3 Å². The second-order valence-corrected chi connectivity index (χ2v) is 7.86. The van der Waals surface area contributed by atoms with E-state index < -0.39 is 34.8 Å². The lowest BCUT2D eigenvalue weighted by Crippen LogP contribution is -2.37. The Labute approximate surface area is 183 Å². The predicted octanol–water partition coefficient (Wildman–Crippen LogP) is 3.95. The molecule has 2 aliphatic heterocycles. The van der Waals surface area contributed by atoms with Gasteiger partial charge < -0.3 is 0 Å². The van der Waals surface area contributed by atoms with E-state index in [-0.39, 0.29) is 11.4 Å². The smallest absolute Gasteiger partial charge is 0.271 e. The van der Waals surface area contributed by atoms with E-state index in [0.717, 1.165) is 21.7 Å². The molecule has 2 amide bonds. The SMILES string of the molecule is Cc1ccc(C2C3C(=O)N(c4cccc([N+](=O)[O-])c4)C(=O)C3ON2c2ccccc2)cc1.